The number of benzene rings is 1. The number of hydrogen-bond donors (Lipinski definition) is 1. The Bertz CT molecular complexity index is 1310. The zero-order chi connectivity index (χ0) is 26.2. The molecule has 1 amide bonds. The molecule has 3 heterocycles. The van der Waals surface area contributed by atoms with Crippen LogP contribution in [-0.4, -0.2) is 57.4 Å². The molecule has 12 heteroatoms. The Morgan fingerprint density at radius 3 is 2.36 bits per heavy atom. The van der Waals surface area contributed by atoms with Crippen molar-refractivity contribution in [1.82, 2.24) is 19.2 Å². The molecule has 0 radical (unpaired) electrons. The highest BCUT2D eigenvalue weighted by atomic mass is 35.5. The number of amides is 1. The summed E-state index contributed by atoms with van der Waals surface area (Å²) < 4.78 is 41.9. The monoisotopic (exact) mass is 522 g/mol. The van der Waals surface area contributed by atoms with E-state index in [1.807, 2.05) is 35.2 Å². The lowest BCUT2D eigenvalue weighted by molar-refractivity contribution is -0.137. The lowest BCUT2D eigenvalue weighted by Crippen LogP contribution is -2.53. The number of anilines is 2. The lowest BCUT2D eigenvalue weighted by Gasteiger charge is -2.38. The van der Waals surface area contributed by atoms with Crippen molar-refractivity contribution in [1.29, 1.82) is 0 Å². The van der Waals surface area contributed by atoms with Gasteiger partial charge in [-0.25, -0.2) is 9.67 Å². The Balaban J connectivity index is 1.42. The molecule has 8 nitrogen and oxygen atoms in total. The second kappa shape index (κ2) is 9.98. The molecule has 4 rings (SSSR count). The van der Waals surface area contributed by atoms with E-state index in [1.165, 1.54) is 4.68 Å². The van der Waals surface area contributed by atoms with Gasteiger partial charge in [-0.05, 0) is 32.0 Å². The summed E-state index contributed by atoms with van der Waals surface area (Å²) in [5.74, 6) is -0.0389. The molecule has 192 valence electrons. The van der Waals surface area contributed by atoms with Crippen LogP contribution >= 0.6 is 11.6 Å². The molecule has 1 aliphatic rings. The van der Waals surface area contributed by atoms with Crippen molar-refractivity contribution < 1.29 is 18.0 Å². The van der Waals surface area contributed by atoms with Crippen molar-refractivity contribution in [3.05, 3.63) is 69.2 Å². The summed E-state index contributed by atoms with van der Waals surface area (Å²) in [5.41, 5.74) is 0.306. The van der Waals surface area contributed by atoms with E-state index in [-0.39, 0.29) is 28.0 Å². The average Bonchev–Trinajstić information content (AvgIpc) is 3.06. The summed E-state index contributed by atoms with van der Waals surface area (Å²) in [6, 6.07) is 9.48. The van der Waals surface area contributed by atoms with Gasteiger partial charge < -0.3 is 10.2 Å². The first kappa shape index (κ1) is 25.8. The number of carbonyl (C=O) groups is 1. The van der Waals surface area contributed by atoms with Crippen LogP contribution in [0.15, 0.2) is 47.4 Å². The highest BCUT2D eigenvalue weighted by molar-refractivity contribution is 6.33. The number of para-hydroxylation sites is 1. The van der Waals surface area contributed by atoms with Gasteiger partial charge in [0, 0.05) is 39.4 Å². The van der Waals surface area contributed by atoms with Crippen LogP contribution in [0.2, 0.25) is 5.02 Å². The van der Waals surface area contributed by atoms with E-state index in [0.717, 1.165) is 12.3 Å². The van der Waals surface area contributed by atoms with Crippen LogP contribution in [0.5, 0.6) is 0 Å². The zero-order valence-electron chi connectivity index (χ0n) is 20.0. The third-order valence-electron chi connectivity index (χ3n) is 6.49. The fourth-order valence-corrected chi connectivity index (χ4v) is 4.53. The maximum absolute atomic E-state index is 13.1. The third-order valence-corrected chi connectivity index (χ3v) is 6.77. The summed E-state index contributed by atoms with van der Waals surface area (Å²) >= 11 is 6.08. The smallest absolute Gasteiger partial charge is 0.353 e. The molecule has 0 spiro atoms. The maximum Gasteiger partial charge on any atom is 0.417 e. The van der Waals surface area contributed by atoms with E-state index in [1.54, 1.807) is 30.5 Å². The normalized spacial score (nSPS) is 15.7. The number of aromatic nitrogens is 3. The third kappa shape index (κ3) is 4.98. The molecule has 1 saturated heterocycles. The van der Waals surface area contributed by atoms with Crippen LogP contribution < -0.4 is 15.8 Å². The first-order valence-electron chi connectivity index (χ1n) is 11.4. The Morgan fingerprint density at radius 2 is 1.78 bits per heavy atom. The SMILES string of the molecule is Cc1c(NC(=O)[C@H](C)N2CCN(c3ncc(C(F)(F)F)cc3Cl)CC2)c(=O)n(-c2ccccc2)n1C. The number of hydrogen-bond acceptors (Lipinski definition) is 5. The highest BCUT2D eigenvalue weighted by Gasteiger charge is 2.33. The molecule has 1 atom stereocenters. The van der Waals surface area contributed by atoms with Gasteiger partial charge in [0.2, 0.25) is 5.91 Å². The number of nitrogens with one attached hydrogen (secondary N) is 1. The molecule has 0 aliphatic carbocycles. The highest BCUT2D eigenvalue weighted by Crippen LogP contribution is 2.33. The van der Waals surface area contributed by atoms with E-state index >= 15 is 0 Å². The second-order valence-corrected chi connectivity index (χ2v) is 9.06. The number of rotatable bonds is 5. The molecule has 0 bridgehead atoms. The van der Waals surface area contributed by atoms with Crippen LogP contribution in [-0.2, 0) is 18.0 Å². The molecule has 1 aromatic carbocycles. The van der Waals surface area contributed by atoms with Gasteiger partial charge in [0.15, 0.2) is 0 Å². The van der Waals surface area contributed by atoms with E-state index in [0.29, 0.717) is 37.6 Å². The fraction of sp³-hybridized carbons (Fsp3) is 0.375. The van der Waals surface area contributed by atoms with Gasteiger partial charge in [-0.3, -0.25) is 19.2 Å². The van der Waals surface area contributed by atoms with Gasteiger partial charge in [0.05, 0.1) is 28.0 Å². The number of halogens is 4. The van der Waals surface area contributed by atoms with Crippen LogP contribution in [0.25, 0.3) is 5.69 Å². The molecule has 1 N–H and O–H groups in total. The molecule has 0 saturated carbocycles. The van der Waals surface area contributed by atoms with E-state index < -0.39 is 17.8 Å². The second-order valence-electron chi connectivity index (χ2n) is 8.65. The molecular formula is C24H26ClF3N6O2. The molecule has 1 aliphatic heterocycles. The summed E-state index contributed by atoms with van der Waals surface area (Å²) in [7, 11) is 1.75. The standard InChI is InChI=1S/C24H26ClF3N6O2/c1-15-20(23(36)34(31(15)3)18-7-5-4-6-8-18)30-22(35)16(2)32-9-11-33(12-10-32)21-19(25)13-17(14-29-21)24(26,27)28/h4-8,13-14,16H,9-12H2,1-3H3,(H,30,35)/t16-/m0/s1. The van der Waals surface area contributed by atoms with E-state index in [4.69, 9.17) is 11.6 Å². The minimum atomic E-state index is -4.52. The summed E-state index contributed by atoms with van der Waals surface area (Å²) in [6.07, 6.45) is -3.74. The minimum absolute atomic E-state index is 0.0710. The van der Waals surface area contributed by atoms with Crippen molar-refractivity contribution in [2.75, 3.05) is 36.4 Å². The largest absolute Gasteiger partial charge is 0.417 e. The number of pyridine rings is 1. The first-order chi connectivity index (χ1) is 17.0. The van der Waals surface area contributed by atoms with Gasteiger partial charge in [-0.1, -0.05) is 29.8 Å². The van der Waals surface area contributed by atoms with Crippen LogP contribution in [0.4, 0.5) is 24.7 Å². The maximum atomic E-state index is 13.1. The van der Waals surface area contributed by atoms with Gasteiger partial charge in [0.1, 0.15) is 11.5 Å². The number of piperazine rings is 1. The van der Waals surface area contributed by atoms with Crippen molar-refractivity contribution in [3.8, 4) is 5.69 Å². The molecule has 3 aromatic rings. The molecule has 2 aromatic heterocycles. The lowest BCUT2D eigenvalue weighted by atomic mass is 10.2. The fourth-order valence-electron chi connectivity index (χ4n) is 4.25. The molecule has 0 unspecified atom stereocenters. The molecular weight excluding hydrogens is 497 g/mol. The van der Waals surface area contributed by atoms with E-state index in [9.17, 15) is 22.8 Å². The van der Waals surface area contributed by atoms with Crippen molar-refractivity contribution >= 4 is 29.0 Å². The summed E-state index contributed by atoms with van der Waals surface area (Å²) in [5, 5.41) is 2.72. The predicted octanol–water partition coefficient (Wildman–Crippen LogP) is 3.70. The first-order valence-corrected chi connectivity index (χ1v) is 11.7. The van der Waals surface area contributed by atoms with Crippen molar-refractivity contribution in [2.45, 2.75) is 26.1 Å². The minimum Gasteiger partial charge on any atom is -0.353 e. The predicted molar refractivity (Wildman–Crippen MR) is 132 cm³/mol. The Hall–Kier alpha value is -3.31. The number of carbonyl (C=O) groups excluding carboxylic acids is 1. The Morgan fingerprint density at radius 1 is 1.14 bits per heavy atom. The van der Waals surface area contributed by atoms with Crippen molar-refractivity contribution in [2.24, 2.45) is 7.05 Å². The number of nitrogens with zero attached hydrogens (tertiary/aromatic N) is 5. The van der Waals surface area contributed by atoms with E-state index in [2.05, 4.69) is 10.3 Å². The Kier molecular flexibility index (Phi) is 7.14. The van der Waals surface area contributed by atoms with Crippen LogP contribution in [0, 0.1) is 6.92 Å². The molecule has 1 fully saturated rings. The van der Waals surface area contributed by atoms with Gasteiger partial charge in [0.25, 0.3) is 5.56 Å². The van der Waals surface area contributed by atoms with Crippen LogP contribution in [0.1, 0.15) is 18.2 Å². The van der Waals surface area contributed by atoms with Crippen molar-refractivity contribution in [3.63, 3.8) is 0 Å². The Labute approximate surface area is 210 Å². The topological polar surface area (TPSA) is 75.4 Å². The summed E-state index contributed by atoms with van der Waals surface area (Å²) in [4.78, 5) is 33.8. The van der Waals surface area contributed by atoms with Crippen LogP contribution in [0.3, 0.4) is 0 Å². The quantitative estimate of drug-likeness (QED) is 0.553. The van der Waals surface area contributed by atoms with Gasteiger partial charge in [-0.2, -0.15) is 13.2 Å². The number of alkyl halides is 3. The zero-order valence-corrected chi connectivity index (χ0v) is 20.8. The summed E-state index contributed by atoms with van der Waals surface area (Å²) in [6.45, 7) is 5.32. The van der Waals surface area contributed by atoms with Gasteiger partial charge in [-0.15, -0.1) is 0 Å². The molecule has 36 heavy (non-hydrogen) atoms. The average molecular weight is 523 g/mol. The van der Waals surface area contributed by atoms with Gasteiger partial charge >= 0.3 is 6.18 Å².